The molecule has 0 radical (unpaired) electrons. The first kappa shape index (κ1) is 22.5. The number of carboxylic acids is 1. The third-order valence-electron chi connectivity index (χ3n) is 5.58. The summed E-state index contributed by atoms with van der Waals surface area (Å²) in [5.41, 5.74) is 1.79. The van der Waals surface area contributed by atoms with Gasteiger partial charge in [0.05, 0.1) is 25.0 Å². The van der Waals surface area contributed by atoms with Gasteiger partial charge in [-0.2, -0.15) is 0 Å². The Bertz CT molecular complexity index is 1100. The van der Waals surface area contributed by atoms with Crippen LogP contribution in [0.3, 0.4) is 0 Å². The van der Waals surface area contributed by atoms with E-state index < -0.39 is 17.2 Å². The molecule has 1 heterocycles. The predicted octanol–water partition coefficient (Wildman–Crippen LogP) is 4.41. The van der Waals surface area contributed by atoms with Crippen molar-refractivity contribution >= 4 is 11.8 Å². The van der Waals surface area contributed by atoms with E-state index in [1.807, 2.05) is 36.4 Å². The molecular formula is C26H23FO6. The Balaban J connectivity index is 1.27. The molecule has 4 rings (SSSR count). The average molecular weight is 450 g/mol. The van der Waals surface area contributed by atoms with E-state index in [-0.39, 0.29) is 18.8 Å². The third-order valence-corrected chi connectivity index (χ3v) is 5.58. The number of aliphatic carboxylic acids is 1. The molecule has 0 amide bonds. The van der Waals surface area contributed by atoms with E-state index in [0.717, 1.165) is 11.1 Å². The molecule has 0 aromatic heterocycles. The fourth-order valence-electron chi connectivity index (χ4n) is 3.63. The molecule has 1 saturated heterocycles. The summed E-state index contributed by atoms with van der Waals surface area (Å²) in [4.78, 5) is 23.3. The van der Waals surface area contributed by atoms with E-state index in [0.29, 0.717) is 36.9 Å². The van der Waals surface area contributed by atoms with Gasteiger partial charge in [0.1, 0.15) is 23.9 Å². The number of Topliss-reactive ketones (excluding diaryl/α,β-unsaturated/α-hetero) is 1. The number of ether oxygens (including phenoxy) is 3. The monoisotopic (exact) mass is 450 g/mol. The maximum absolute atomic E-state index is 13.0. The van der Waals surface area contributed by atoms with Gasteiger partial charge in [0.15, 0.2) is 12.4 Å². The van der Waals surface area contributed by atoms with Crippen LogP contribution in [0, 0.1) is 5.82 Å². The Labute approximate surface area is 190 Å². The summed E-state index contributed by atoms with van der Waals surface area (Å²) in [5.74, 6) is -0.244. The van der Waals surface area contributed by atoms with E-state index in [9.17, 15) is 14.0 Å². The molecule has 0 unspecified atom stereocenters. The smallest absolute Gasteiger partial charge is 0.304 e. The normalized spacial score (nSPS) is 14.2. The second-order valence-electron chi connectivity index (χ2n) is 8.02. The van der Waals surface area contributed by atoms with Crippen LogP contribution in [0.2, 0.25) is 0 Å². The number of carbonyl (C=O) groups excluding carboxylic acids is 1. The number of halogens is 1. The Kier molecular flexibility index (Phi) is 6.70. The van der Waals surface area contributed by atoms with E-state index in [4.69, 9.17) is 19.3 Å². The number of ketones is 1. The van der Waals surface area contributed by atoms with Crippen LogP contribution in [0.15, 0.2) is 72.8 Å². The first-order chi connectivity index (χ1) is 15.9. The molecular weight excluding hydrogens is 427 g/mol. The summed E-state index contributed by atoms with van der Waals surface area (Å²) in [6, 6.07) is 20.0. The maximum atomic E-state index is 13.0. The topological polar surface area (TPSA) is 82.1 Å². The van der Waals surface area contributed by atoms with E-state index in [1.54, 1.807) is 12.1 Å². The van der Waals surface area contributed by atoms with Crippen LogP contribution < -0.4 is 9.47 Å². The van der Waals surface area contributed by atoms with Gasteiger partial charge in [0.2, 0.25) is 0 Å². The lowest BCUT2D eigenvalue weighted by Gasteiger charge is -2.40. The molecule has 1 aliphatic heterocycles. The van der Waals surface area contributed by atoms with Crippen LogP contribution in [0.1, 0.15) is 27.9 Å². The summed E-state index contributed by atoms with van der Waals surface area (Å²) in [5, 5.41) is 9.16. The number of hydrogen-bond donors (Lipinski definition) is 1. The highest BCUT2D eigenvalue weighted by molar-refractivity contribution is 5.97. The van der Waals surface area contributed by atoms with Crippen LogP contribution >= 0.6 is 0 Å². The maximum Gasteiger partial charge on any atom is 0.304 e. The molecule has 3 aromatic rings. The van der Waals surface area contributed by atoms with E-state index in [1.165, 1.54) is 24.3 Å². The third kappa shape index (κ3) is 5.56. The first-order valence-corrected chi connectivity index (χ1v) is 10.5. The van der Waals surface area contributed by atoms with Crippen LogP contribution in [0.5, 0.6) is 11.5 Å². The molecule has 7 heteroatoms. The summed E-state index contributed by atoms with van der Waals surface area (Å²) in [6.07, 6.45) is 0.0388. The van der Waals surface area contributed by atoms with Crippen molar-refractivity contribution in [1.82, 2.24) is 0 Å². The number of carboxylic acid groups (broad SMARTS) is 1. The molecule has 0 aliphatic carbocycles. The highest BCUT2D eigenvalue weighted by Gasteiger charge is 2.42. The van der Waals surface area contributed by atoms with Gasteiger partial charge in [0, 0.05) is 5.56 Å². The Morgan fingerprint density at radius 2 is 1.48 bits per heavy atom. The second kappa shape index (κ2) is 9.83. The van der Waals surface area contributed by atoms with Crippen molar-refractivity contribution in [1.29, 1.82) is 0 Å². The van der Waals surface area contributed by atoms with Gasteiger partial charge >= 0.3 is 5.97 Å². The Hall–Kier alpha value is -3.71. The van der Waals surface area contributed by atoms with Crippen molar-refractivity contribution in [2.24, 2.45) is 0 Å². The molecule has 0 saturated carbocycles. The van der Waals surface area contributed by atoms with Gasteiger partial charge in [-0.3, -0.25) is 9.59 Å². The number of benzene rings is 3. The highest BCUT2D eigenvalue weighted by atomic mass is 19.1. The molecule has 170 valence electrons. The minimum atomic E-state index is -0.842. The van der Waals surface area contributed by atoms with Gasteiger partial charge < -0.3 is 19.3 Å². The number of hydrogen-bond acceptors (Lipinski definition) is 5. The minimum absolute atomic E-state index is 0.0388. The van der Waals surface area contributed by atoms with Gasteiger partial charge in [0.25, 0.3) is 0 Å². The quantitative estimate of drug-likeness (QED) is 0.461. The average Bonchev–Trinajstić information content (AvgIpc) is 2.80. The first-order valence-electron chi connectivity index (χ1n) is 10.5. The van der Waals surface area contributed by atoms with Crippen molar-refractivity contribution in [3.05, 3.63) is 95.3 Å². The van der Waals surface area contributed by atoms with Crippen LogP contribution in [-0.4, -0.2) is 36.7 Å². The molecule has 0 bridgehead atoms. The van der Waals surface area contributed by atoms with Crippen LogP contribution in [0.4, 0.5) is 4.39 Å². The van der Waals surface area contributed by atoms with Crippen molar-refractivity contribution < 1.29 is 33.3 Å². The second-order valence-corrected chi connectivity index (χ2v) is 8.02. The standard InChI is InChI=1S/C26H23FO6/c27-21-7-3-19(4-8-21)24(28)15-33-22-9-1-18(2-10-22)14-32-23-11-5-20(6-12-23)26(13-25(29)30)16-31-17-26/h1-12H,13-17H2,(H,29,30). The van der Waals surface area contributed by atoms with Gasteiger partial charge in [-0.05, 0) is 59.7 Å². The Morgan fingerprint density at radius 1 is 0.879 bits per heavy atom. The fraction of sp³-hybridized carbons (Fsp3) is 0.231. The van der Waals surface area contributed by atoms with Crippen molar-refractivity contribution in [2.45, 2.75) is 18.4 Å². The highest BCUT2D eigenvalue weighted by Crippen LogP contribution is 2.36. The van der Waals surface area contributed by atoms with Gasteiger partial charge in [-0.1, -0.05) is 24.3 Å². The lowest BCUT2D eigenvalue weighted by molar-refractivity contribution is -0.145. The number of rotatable bonds is 10. The van der Waals surface area contributed by atoms with Crippen LogP contribution in [0.25, 0.3) is 0 Å². The largest absolute Gasteiger partial charge is 0.489 e. The van der Waals surface area contributed by atoms with Crippen molar-refractivity contribution in [3.8, 4) is 11.5 Å². The minimum Gasteiger partial charge on any atom is -0.489 e. The molecule has 0 spiro atoms. The van der Waals surface area contributed by atoms with E-state index >= 15 is 0 Å². The zero-order valence-electron chi connectivity index (χ0n) is 17.8. The molecule has 33 heavy (non-hydrogen) atoms. The zero-order valence-corrected chi connectivity index (χ0v) is 17.8. The summed E-state index contributed by atoms with van der Waals surface area (Å²) >= 11 is 0. The molecule has 1 fully saturated rings. The molecule has 6 nitrogen and oxygen atoms in total. The van der Waals surface area contributed by atoms with Gasteiger partial charge in [-0.25, -0.2) is 4.39 Å². The Morgan fingerprint density at radius 3 is 2.06 bits per heavy atom. The molecule has 1 N–H and O–H groups in total. The fourth-order valence-corrected chi connectivity index (χ4v) is 3.63. The lowest BCUT2D eigenvalue weighted by atomic mass is 9.76. The summed E-state index contributed by atoms with van der Waals surface area (Å²) < 4.78 is 29.6. The van der Waals surface area contributed by atoms with Crippen molar-refractivity contribution in [2.75, 3.05) is 19.8 Å². The van der Waals surface area contributed by atoms with Crippen LogP contribution in [-0.2, 0) is 21.6 Å². The van der Waals surface area contributed by atoms with E-state index in [2.05, 4.69) is 0 Å². The SMILES string of the molecule is O=C(O)CC1(c2ccc(OCc3ccc(OCC(=O)c4ccc(F)cc4)cc3)cc2)COC1. The zero-order chi connectivity index (χ0) is 23.3. The predicted molar refractivity (Wildman–Crippen MR) is 118 cm³/mol. The summed E-state index contributed by atoms with van der Waals surface area (Å²) in [6.45, 7) is 1.02. The molecule has 3 aromatic carbocycles. The van der Waals surface area contributed by atoms with Gasteiger partial charge in [-0.15, -0.1) is 0 Å². The lowest BCUT2D eigenvalue weighted by Crippen LogP contribution is -2.48. The number of carbonyl (C=O) groups is 2. The molecule has 1 aliphatic rings. The summed E-state index contributed by atoms with van der Waals surface area (Å²) in [7, 11) is 0. The van der Waals surface area contributed by atoms with Crippen molar-refractivity contribution in [3.63, 3.8) is 0 Å². The molecule has 0 atom stereocenters.